The first-order valence-electron chi connectivity index (χ1n) is 3.73. The molecule has 0 heterocycles. The molecule has 0 radical (unpaired) electrons. The topological polar surface area (TPSA) is 46.1 Å². The van der Waals surface area contributed by atoms with Crippen LogP contribution in [0.3, 0.4) is 0 Å². The molecule has 68 valence electrons. The van der Waals surface area contributed by atoms with Crippen molar-refractivity contribution in [3.63, 3.8) is 0 Å². The number of hydrogen-bond donors (Lipinski definition) is 0. The van der Waals surface area contributed by atoms with Crippen LogP contribution in [0, 0.1) is 0 Å². The predicted octanol–water partition coefficient (Wildman–Crippen LogP) is 0.864. The van der Waals surface area contributed by atoms with Gasteiger partial charge in [-0.1, -0.05) is 26.2 Å². The molecular weight excluding hydrogens is 239 g/mol. The molecule has 0 fully saturated rings. The average molecular weight is 252 g/mol. The van der Waals surface area contributed by atoms with Crippen LogP contribution >= 0.6 is 17.1 Å². The predicted molar refractivity (Wildman–Crippen MR) is 56.6 cm³/mol. The molecule has 0 aliphatic heterocycles. The fourth-order valence-electron chi connectivity index (χ4n) is 0.705. The Morgan fingerprint density at radius 1 is 1.25 bits per heavy atom. The molecule has 0 spiro atoms. The van der Waals surface area contributed by atoms with E-state index in [1.165, 1.54) is 12.8 Å². The Labute approximate surface area is 113 Å². The summed E-state index contributed by atoms with van der Waals surface area (Å²) in [6, 6.07) is 0. The van der Waals surface area contributed by atoms with Crippen LogP contribution < -0.4 is 9.79 Å². The third kappa shape index (κ3) is 14.7. The van der Waals surface area contributed by atoms with Crippen molar-refractivity contribution in [1.82, 2.24) is 0 Å². The van der Waals surface area contributed by atoms with E-state index < -0.39 is 5.69 Å². The molecule has 0 amide bonds. The van der Waals surface area contributed by atoms with Gasteiger partial charge in [0.15, 0.2) is 0 Å². The van der Waals surface area contributed by atoms with Crippen molar-refractivity contribution >= 4 is 66.6 Å². The fraction of sp³-hybridized carbons (Fsp3) is 1.00. The summed E-state index contributed by atoms with van der Waals surface area (Å²) in [5, 5.41) is 0. The van der Waals surface area contributed by atoms with Gasteiger partial charge in [0.05, 0.1) is 0 Å². The Hall–Kier alpha value is 2.18. The van der Waals surface area contributed by atoms with Crippen LogP contribution in [0.15, 0.2) is 0 Å². The minimum absolute atomic E-state index is 0. The molecule has 0 aromatic carbocycles. The van der Waals surface area contributed by atoms with Crippen molar-refractivity contribution in [2.75, 3.05) is 5.75 Å². The van der Waals surface area contributed by atoms with E-state index in [1.54, 1.807) is 0 Å². The maximum absolute atomic E-state index is 10.5. The van der Waals surface area contributed by atoms with E-state index in [0.717, 1.165) is 24.2 Å². The van der Waals surface area contributed by atoms with Crippen molar-refractivity contribution in [2.45, 2.75) is 32.6 Å². The van der Waals surface area contributed by atoms with E-state index >= 15 is 0 Å². The van der Waals surface area contributed by atoms with E-state index in [-0.39, 0.29) is 37.7 Å². The molecule has 6 heteroatoms. The average Bonchev–Trinajstić information content (AvgIpc) is 1.85. The molecule has 0 aliphatic rings. The van der Waals surface area contributed by atoms with Gasteiger partial charge in [-0.3, -0.25) is 0 Å². The second kappa shape index (κ2) is 9.72. The molecule has 0 atom stereocenters. The standard InChI is InChI=1S/C6H15O2PS2.Ca/c1-2-3-4-5-6-11-9(7,8)10;/h2-6H2,1H3,(H2,7,8,10);/q;+2/p-2. The third-order valence-electron chi connectivity index (χ3n) is 1.25. The molecule has 2 nitrogen and oxygen atoms in total. The number of hydrogen-bond acceptors (Lipinski definition) is 4. The molecule has 0 bridgehead atoms. The molecule has 0 aromatic heterocycles. The van der Waals surface area contributed by atoms with Gasteiger partial charge in [-0.25, -0.2) is 0 Å². The summed E-state index contributed by atoms with van der Waals surface area (Å²) in [7, 11) is 0. The Bertz CT molecular complexity index is 140. The first-order valence-corrected chi connectivity index (χ1v) is 7.95. The van der Waals surface area contributed by atoms with E-state index in [0.29, 0.717) is 5.75 Å². The molecule has 0 rings (SSSR count). The molecule has 0 N–H and O–H groups in total. The van der Waals surface area contributed by atoms with Gasteiger partial charge in [0.25, 0.3) is 0 Å². The normalized spacial score (nSPS) is 10.9. The minimum Gasteiger partial charge on any atom is -0.825 e. The van der Waals surface area contributed by atoms with Crippen molar-refractivity contribution < 1.29 is 9.79 Å². The van der Waals surface area contributed by atoms with Gasteiger partial charge in [-0.15, -0.1) is 11.8 Å². The van der Waals surface area contributed by atoms with Crippen molar-refractivity contribution in [3.8, 4) is 0 Å². The molecule has 0 saturated carbocycles. The molecule has 0 aliphatic carbocycles. The Morgan fingerprint density at radius 3 is 2.25 bits per heavy atom. The third-order valence-corrected chi connectivity index (χ3v) is 4.48. The molecule has 0 unspecified atom stereocenters. The fourth-order valence-corrected chi connectivity index (χ4v) is 2.99. The van der Waals surface area contributed by atoms with Crippen LogP contribution in [-0.2, 0) is 11.8 Å². The van der Waals surface area contributed by atoms with Crippen molar-refractivity contribution in [1.29, 1.82) is 0 Å². The van der Waals surface area contributed by atoms with Crippen molar-refractivity contribution in [2.24, 2.45) is 0 Å². The van der Waals surface area contributed by atoms with Crippen LogP contribution in [-0.4, -0.2) is 43.5 Å². The van der Waals surface area contributed by atoms with Crippen LogP contribution in [0.4, 0.5) is 0 Å². The zero-order valence-corrected chi connectivity index (χ0v) is 12.1. The smallest absolute Gasteiger partial charge is 0.825 e. The first kappa shape index (κ1) is 16.6. The molecule has 0 saturated heterocycles. The summed E-state index contributed by atoms with van der Waals surface area (Å²) < 4.78 is 0. The maximum Gasteiger partial charge on any atom is 2.00 e. The summed E-state index contributed by atoms with van der Waals surface area (Å²) in [4.78, 5) is 20.9. The van der Waals surface area contributed by atoms with Crippen LogP contribution in [0.2, 0.25) is 0 Å². The first-order chi connectivity index (χ1) is 5.06. The van der Waals surface area contributed by atoms with Gasteiger partial charge in [-0.05, 0) is 12.2 Å². The zero-order valence-electron chi connectivity index (χ0n) is 7.32. The van der Waals surface area contributed by atoms with E-state index in [2.05, 4.69) is 18.7 Å². The summed E-state index contributed by atoms with van der Waals surface area (Å²) >= 11 is 5.12. The largest absolute Gasteiger partial charge is 2.00 e. The Kier molecular flexibility index (Phi) is 13.5. The quantitative estimate of drug-likeness (QED) is 0.400. The van der Waals surface area contributed by atoms with Crippen LogP contribution in [0.1, 0.15) is 32.6 Å². The summed E-state index contributed by atoms with van der Waals surface area (Å²) in [5.41, 5.74) is -3.46. The van der Waals surface area contributed by atoms with Crippen LogP contribution in [0.25, 0.3) is 0 Å². The summed E-state index contributed by atoms with van der Waals surface area (Å²) in [6.45, 7) is 2.12. The summed E-state index contributed by atoms with van der Waals surface area (Å²) in [5.74, 6) is 0.657. The van der Waals surface area contributed by atoms with Gasteiger partial charge in [0, 0.05) is 0 Å². The van der Waals surface area contributed by atoms with Crippen molar-refractivity contribution in [3.05, 3.63) is 0 Å². The van der Waals surface area contributed by atoms with E-state index in [1.807, 2.05) is 0 Å². The van der Waals surface area contributed by atoms with E-state index in [9.17, 15) is 9.79 Å². The minimum atomic E-state index is -3.46. The molecule has 0 aromatic rings. The van der Waals surface area contributed by atoms with Gasteiger partial charge < -0.3 is 9.79 Å². The maximum atomic E-state index is 10.5. The van der Waals surface area contributed by atoms with E-state index in [4.69, 9.17) is 0 Å². The Balaban J connectivity index is 0. The second-order valence-electron chi connectivity index (χ2n) is 2.34. The summed E-state index contributed by atoms with van der Waals surface area (Å²) in [6.07, 6.45) is 4.43. The molecular formula is C6H13CaO2PS2. The molecule has 12 heavy (non-hydrogen) atoms. The second-order valence-corrected chi connectivity index (χ2v) is 8.25. The van der Waals surface area contributed by atoms with Gasteiger partial charge in [0.2, 0.25) is 0 Å². The van der Waals surface area contributed by atoms with Gasteiger partial charge >= 0.3 is 37.7 Å². The monoisotopic (exact) mass is 252 g/mol. The Morgan fingerprint density at radius 2 is 1.83 bits per heavy atom. The zero-order chi connectivity index (χ0) is 8.74. The number of unbranched alkanes of at least 4 members (excludes halogenated alkanes) is 3. The SMILES string of the molecule is CCCCCCSP([O-])([O-])=S.[Ca+2]. The van der Waals surface area contributed by atoms with Crippen LogP contribution in [0.5, 0.6) is 0 Å². The van der Waals surface area contributed by atoms with Gasteiger partial charge in [-0.2, -0.15) is 17.1 Å². The van der Waals surface area contributed by atoms with Gasteiger partial charge in [0.1, 0.15) is 0 Å². The number of rotatable bonds is 6.